The number of carbonyl (C=O) groups excluding carboxylic acids is 1. The Labute approximate surface area is 108 Å². The maximum Gasteiger partial charge on any atom is 0.221 e. The van der Waals surface area contributed by atoms with Crippen LogP contribution in [0.1, 0.15) is 30.6 Å². The van der Waals surface area contributed by atoms with Crippen molar-refractivity contribution in [3.8, 4) is 0 Å². The van der Waals surface area contributed by atoms with E-state index in [0.717, 1.165) is 11.3 Å². The molecule has 1 heterocycles. The predicted octanol–water partition coefficient (Wildman–Crippen LogP) is 0.937. The minimum atomic E-state index is 0. The van der Waals surface area contributed by atoms with Crippen LogP contribution in [0, 0.1) is 6.92 Å². The third-order valence-electron chi connectivity index (χ3n) is 2.72. The molecule has 5 nitrogen and oxygen atoms in total. The summed E-state index contributed by atoms with van der Waals surface area (Å²) in [4.78, 5) is 11.5. The van der Waals surface area contributed by atoms with E-state index in [9.17, 15) is 4.79 Å². The first-order chi connectivity index (χ1) is 7.56. The molecule has 1 atom stereocenters. The lowest BCUT2D eigenvalue weighted by Crippen LogP contribution is -2.29. The number of hydrogen-bond acceptors (Lipinski definition) is 3. The van der Waals surface area contributed by atoms with Gasteiger partial charge in [0, 0.05) is 31.3 Å². The summed E-state index contributed by atoms with van der Waals surface area (Å²) in [7, 11) is 3.73. The average molecular weight is 261 g/mol. The predicted molar refractivity (Wildman–Crippen MR) is 70.3 cm³/mol. The number of amides is 1. The molecule has 0 aromatic carbocycles. The zero-order chi connectivity index (χ0) is 12.1. The van der Waals surface area contributed by atoms with Crippen LogP contribution in [-0.2, 0) is 11.8 Å². The van der Waals surface area contributed by atoms with Gasteiger partial charge in [0.25, 0.3) is 0 Å². The molecular formula is C11H21ClN4O. The Hall–Kier alpha value is -1.07. The van der Waals surface area contributed by atoms with E-state index in [2.05, 4.69) is 15.7 Å². The molecule has 0 aliphatic rings. The fraction of sp³-hybridized carbons (Fsp3) is 0.636. The van der Waals surface area contributed by atoms with Crippen LogP contribution in [0.4, 0.5) is 0 Å². The fourth-order valence-electron chi connectivity index (χ4n) is 1.57. The van der Waals surface area contributed by atoms with Gasteiger partial charge in [-0.05, 0) is 20.9 Å². The number of carbonyl (C=O) groups is 1. The third-order valence-corrected chi connectivity index (χ3v) is 2.72. The first kappa shape index (κ1) is 15.9. The molecule has 1 amide bonds. The lowest BCUT2D eigenvalue weighted by atomic mass is 10.1. The van der Waals surface area contributed by atoms with Crippen LogP contribution >= 0.6 is 12.4 Å². The van der Waals surface area contributed by atoms with Gasteiger partial charge in [0.05, 0.1) is 12.2 Å². The molecule has 0 bridgehead atoms. The lowest BCUT2D eigenvalue weighted by molar-refractivity contribution is -0.121. The largest absolute Gasteiger partial charge is 0.349 e. The second kappa shape index (κ2) is 7.29. The smallest absolute Gasteiger partial charge is 0.221 e. The minimum absolute atomic E-state index is 0. The molecule has 1 aromatic rings. The molecule has 98 valence electrons. The highest BCUT2D eigenvalue weighted by molar-refractivity contribution is 5.85. The van der Waals surface area contributed by atoms with E-state index >= 15 is 0 Å². The number of aryl methyl sites for hydroxylation is 1. The van der Waals surface area contributed by atoms with Crippen LogP contribution in [0.5, 0.6) is 0 Å². The molecule has 0 aliphatic heterocycles. The van der Waals surface area contributed by atoms with E-state index in [0.29, 0.717) is 13.0 Å². The molecule has 0 saturated heterocycles. The number of halogens is 1. The van der Waals surface area contributed by atoms with Crippen molar-refractivity contribution in [3.63, 3.8) is 0 Å². The molecule has 2 N–H and O–H groups in total. The second-order valence-electron chi connectivity index (χ2n) is 3.95. The van der Waals surface area contributed by atoms with Crippen LogP contribution in [0.2, 0.25) is 0 Å². The molecular weight excluding hydrogens is 240 g/mol. The highest BCUT2D eigenvalue weighted by atomic mass is 35.5. The van der Waals surface area contributed by atoms with E-state index in [-0.39, 0.29) is 24.4 Å². The first-order valence-electron chi connectivity index (χ1n) is 5.48. The van der Waals surface area contributed by atoms with Crippen molar-refractivity contribution in [3.05, 3.63) is 17.5 Å². The first-order valence-corrected chi connectivity index (χ1v) is 5.48. The van der Waals surface area contributed by atoms with Gasteiger partial charge >= 0.3 is 0 Å². The standard InChI is InChI=1S/C11H20N4O.ClH/c1-8(14-11(16)5-6-12-3)10-7-13-15(4)9(10)2;/h7-8,12H,5-6H2,1-4H3,(H,14,16);1H. The lowest BCUT2D eigenvalue weighted by Gasteiger charge is -2.13. The SMILES string of the molecule is CNCCC(=O)NC(C)c1cnn(C)c1C.Cl. The number of aromatic nitrogens is 2. The van der Waals surface area contributed by atoms with Crippen LogP contribution < -0.4 is 10.6 Å². The summed E-state index contributed by atoms with van der Waals surface area (Å²) < 4.78 is 1.81. The van der Waals surface area contributed by atoms with Crippen molar-refractivity contribution in [2.45, 2.75) is 26.3 Å². The monoisotopic (exact) mass is 260 g/mol. The van der Waals surface area contributed by atoms with Gasteiger partial charge in [0.2, 0.25) is 5.91 Å². The number of rotatable bonds is 5. The number of nitrogens with one attached hydrogen (secondary N) is 2. The van der Waals surface area contributed by atoms with Crippen molar-refractivity contribution < 1.29 is 4.79 Å². The molecule has 0 spiro atoms. The maximum atomic E-state index is 11.5. The Morgan fingerprint density at radius 1 is 1.59 bits per heavy atom. The van der Waals surface area contributed by atoms with E-state index in [1.54, 1.807) is 6.20 Å². The summed E-state index contributed by atoms with van der Waals surface area (Å²) in [6.07, 6.45) is 2.30. The summed E-state index contributed by atoms with van der Waals surface area (Å²) in [5, 5.41) is 10.1. The Kier molecular flexibility index (Phi) is 6.83. The molecule has 17 heavy (non-hydrogen) atoms. The Bertz CT molecular complexity index is 364. The second-order valence-corrected chi connectivity index (χ2v) is 3.95. The summed E-state index contributed by atoms with van der Waals surface area (Å²) >= 11 is 0. The van der Waals surface area contributed by atoms with Gasteiger partial charge in [-0.25, -0.2) is 0 Å². The quantitative estimate of drug-likeness (QED) is 0.828. The van der Waals surface area contributed by atoms with E-state index in [1.807, 2.05) is 32.6 Å². The Morgan fingerprint density at radius 2 is 2.24 bits per heavy atom. The molecule has 1 aromatic heterocycles. The van der Waals surface area contributed by atoms with Crippen LogP contribution in [-0.4, -0.2) is 29.3 Å². The van der Waals surface area contributed by atoms with Crippen molar-refractivity contribution in [1.29, 1.82) is 0 Å². The average Bonchev–Trinajstić information content (AvgIpc) is 2.57. The van der Waals surface area contributed by atoms with Gasteiger partial charge in [0.1, 0.15) is 0 Å². The van der Waals surface area contributed by atoms with Gasteiger partial charge in [0.15, 0.2) is 0 Å². The molecule has 6 heteroatoms. The van der Waals surface area contributed by atoms with Crippen LogP contribution in [0.3, 0.4) is 0 Å². The number of nitrogens with zero attached hydrogens (tertiary/aromatic N) is 2. The van der Waals surface area contributed by atoms with Crippen molar-refractivity contribution in [2.24, 2.45) is 7.05 Å². The molecule has 0 radical (unpaired) electrons. The zero-order valence-corrected chi connectivity index (χ0v) is 11.6. The van der Waals surface area contributed by atoms with Crippen LogP contribution in [0.15, 0.2) is 6.20 Å². The van der Waals surface area contributed by atoms with Gasteiger partial charge in [-0.15, -0.1) is 12.4 Å². The normalized spacial score (nSPS) is 11.8. The van der Waals surface area contributed by atoms with Crippen molar-refractivity contribution >= 4 is 18.3 Å². The highest BCUT2D eigenvalue weighted by Crippen LogP contribution is 2.15. The van der Waals surface area contributed by atoms with Gasteiger partial charge < -0.3 is 10.6 Å². The zero-order valence-electron chi connectivity index (χ0n) is 10.8. The number of hydrogen-bond donors (Lipinski definition) is 2. The summed E-state index contributed by atoms with van der Waals surface area (Å²) in [6, 6.07) is 0.0121. The van der Waals surface area contributed by atoms with Gasteiger partial charge in [-0.3, -0.25) is 9.48 Å². The maximum absolute atomic E-state index is 11.5. The molecule has 1 rings (SSSR count). The molecule has 0 saturated carbocycles. The summed E-state index contributed by atoms with van der Waals surface area (Å²) in [5.74, 6) is 0.0603. The van der Waals surface area contributed by atoms with E-state index in [1.165, 1.54) is 0 Å². The third kappa shape index (κ3) is 4.36. The highest BCUT2D eigenvalue weighted by Gasteiger charge is 2.13. The van der Waals surface area contributed by atoms with E-state index < -0.39 is 0 Å². The van der Waals surface area contributed by atoms with Crippen molar-refractivity contribution in [2.75, 3.05) is 13.6 Å². The minimum Gasteiger partial charge on any atom is -0.349 e. The van der Waals surface area contributed by atoms with Crippen molar-refractivity contribution in [1.82, 2.24) is 20.4 Å². The van der Waals surface area contributed by atoms with Gasteiger partial charge in [-0.2, -0.15) is 5.10 Å². The Morgan fingerprint density at radius 3 is 2.71 bits per heavy atom. The molecule has 1 unspecified atom stereocenters. The Balaban J connectivity index is 0.00000256. The van der Waals surface area contributed by atoms with E-state index in [4.69, 9.17) is 0 Å². The topological polar surface area (TPSA) is 59.0 Å². The summed E-state index contributed by atoms with van der Waals surface area (Å²) in [6.45, 7) is 4.67. The fourth-order valence-corrected chi connectivity index (χ4v) is 1.57. The summed E-state index contributed by atoms with van der Waals surface area (Å²) in [5.41, 5.74) is 2.15. The van der Waals surface area contributed by atoms with Crippen LogP contribution in [0.25, 0.3) is 0 Å². The van der Waals surface area contributed by atoms with Gasteiger partial charge in [-0.1, -0.05) is 0 Å². The molecule has 0 aliphatic carbocycles. The molecule has 0 fully saturated rings.